The van der Waals surface area contributed by atoms with Crippen LogP contribution in [0.15, 0.2) is 42.7 Å². The number of benzene rings is 1. The maximum Gasteiger partial charge on any atom is 0.242 e. The van der Waals surface area contributed by atoms with Crippen molar-refractivity contribution in [1.82, 2.24) is 19.9 Å². The number of fused-ring (bicyclic) bond motifs is 1. The van der Waals surface area contributed by atoms with Gasteiger partial charge in [0.2, 0.25) is 11.8 Å². The second-order valence-corrected chi connectivity index (χ2v) is 7.45. The summed E-state index contributed by atoms with van der Waals surface area (Å²) in [6, 6.07) is 10.0. The van der Waals surface area contributed by atoms with Gasteiger partial charge in [-0.3, -0.25) is 9.78 Å². The van der Waals surface area contributed by atoms with Crippen molar-refractivity contribution in [3.05, 3.63) is 42.7 Å². The molecule has 31 heavy (non-hydrogen) atoms. The lowest BCUT2D eigenvalue weighted by molar-refractivity contribution is -0.137. The molecule has 0 bridgehead atoms. The van der Waals surface area contributed by atoms with Crippen LogP contribution in [0, 0.1) is 0 Å². The monoisotopic (exact) mass is 441 g/mol. The lowest BCUT2D eigenvalue weighted by atomic mass is 10.1. The highest BCUT2D eigenvalue weighted by atomic mass is 32.1. The van der Waals surface area contributed by atoms with Crippen LogP contribution in [0.4, 0.5) is 5.69 Å². The first kappa shape index (κ1) is 22.8. The van der Waals surface area contributed by atoms with Gasteiger partial charge in [0.05, 0.1) is 24.4 Å². The number of hydrogen-bond acceptors (Lipinski definition) is 7. The van der Waals surface area contributed by atoms with Crippen molar-refractivity contribution in [1.29, 1.82) is 0 Å². The number of anilines is 1. The zero-order valence-corrected chi connectivity index (χ0v) is 18.9. The Balaban J connectivity index is 0.00000272. The molecule has 0 radical (unpaired) electrons. The fourth-order valence-electron chi connectivity index (χ4n) is 3.41. The van der Waals surface area contributed by atoms with Crippen molar-refractivity contribution in [2.75, 3.05) is 45.3 Å². The smallest absolute Gasteiger partial charge is 0.242 e. The molecule has 1 aliphatic heterocycles. The van der Waals surface area contributed by atoms with Crippen molar-refractivity contribution >= 4 is 36.1 Å². The Kier molecular flexibility index (Phi) is 7.29. The van der Waals surface area contributed by atoms with Crippen LogP contribution in [-0.4, -0.2) is 72.3 Å². The van der Waals surface area contributed by atoms with Gasteiger partial charge in [0.15, 0.2) is 5.52 Å². The van der Waals surface area contributed by atoms with Crippen molar-refractivity contribution in [2.45, 2.75) is 13.0 Å². The molecule has 0 N–H and O–H groups in total. The summed E-state index contributed by atoms with van der Waals surface area (Å²) in [5.41, 5.74) is 4.12. The summed E-state index contributed by atoms with van der Waals surface area (Å²) in [4.78, 5) is 29.1. The summed E-state index contributed by atoms with van der Waals surface area (Å²) >= 11 is 0. The number of nitrogens with zero attached hydrogens (tertiary/aromatic N) is 5. The highest BCUT2D eigenvalue weighted by molar-refractivity contribution is 7.59. The third-order valence-electron chi connectivity index (χ3n) is 5.07. The number of hydrogen-bond donors (Lipinski definition) is 0. The molecule has 0 spiro atoms. The molecule has 1 amide bonds. The van der Waals surface area contributed by atoms with Crippen LogP contribution in [0.3, 0.4) is 0 Å². The first-order valence-electron chi connectivity index (χ1n) is 9.90. The zero-order valence-electron chi connectivity index (χ0n) is 17.9. The average molecular weight is 442 g/mol. The van der Waals surface area contributed by atoms with Gasteiger partial charge in [-0.1, -0.05) is 12.1 Å². The molecular formula is C22H27N5O3S. The molecule has 1 aliphatic rings. The number of amides is 1. The van der Waals surface area contributed by atoms with E-state index in [2.05, 4.69) is 16.0 Å². The van der Waals surface area contributed by atoms with Crippen LogP contribution in [0.1, 0.15) is 6.92 Å². The van der Waals surface area contributed by atoms with Gasteiger partial charge in [0, 0.05) is 51.2 Å². The summed E-state index contributed by atoms with van der Waals surface area (Å²) in [5, 5.41) is 0. The van der Waals surface area contributed by atoms with E-state index in [-0.39, 0.29) is 32.1 Å². The second-order valence-electron chi connectivity index (χ2n) is 7.45. The predicted molar refractivity (Wildman–Crippen MR) is 125 cm³/mol. The van der Waals surface area contributed by atoms with E-state index in [0.29, 0.717) is 36.6 Å². The maximum atomic E-state index is 11.7. The summed E-state index contributed by atoms with van der Waals surface area (Å²) < 4.78 is 11.8. The van der Waals surface area contributed by atoms with Gasteiger partial charge in [-0.15, -0.1) is 0 Å². The van der Waals surface area contributed by atoms with E-state index in [1.165, 1.54) is 0 Å². The third kappa shape index (κ3) is 5.23. The standard InChI is InChI=1S/C22H25N5O3.H2S/c1-15(28)27-9-10-29-18(13-27)14-30-22-21-20(23-7-8-24-21)12-19(25-22)16-5-4-6-17(11-16)26(2)3;/h4-8,11-12,18H,9-10,13-14H2,1-3H3;1H2/t18-;/m0./s1. The fraction of sp³-hybridized carbons (Fsp3) is 0.364. The molecular weight excluding hydrogens is 414 g/mol. The average Bonchev–Trinajstić information content (AvgIpc) is 2.77. The number of aromatic nitrogens is 3. The van der Waals surface area contributed by atoms with Gasteiger partial charge in [-0.05, 0) is 18.2 Å². The lowest BCUT2D eigenvalue weighted by Crippen LogP contribution is -2.46. The topological polar surface area (TPSA) is 80.7 Å². The van der Waals surface area contributed by atoms with E-state index in [0.717, 1.165) is 16.9 Å². The molecule has 0 aliphatic carbocycles. The van der Waals surface area contributed by atoms with Crippen LogP contribution < -0.4 is 9.64 Å². The molecule has 4 rings (SSSR count). The van der Waals surface area contributed by atoms with Crippen LogP contribution in [0.25, 0.3) is 22.3 Å². The van der Waals surface area contributed by atoms with Gasteiger partial charge in [-0.2, -0.15) is 13.5 Å². The number of ether oxygens (including phenoxy) is 2. The minimum atomic E-state index is -0.211. The Morgan fingerprint density at radius 2 is 2.06 bits per heavy atom. The van der Waals surface area contributed by atoms with E-state index in [1.54, 1.807) is 24.2 Å². The molecule has 1 atom stereocenters. The Labute approximate surface area is 188 Å². The van der Waals surface area contributed by atoms with E-state index in [9.17, 15) is 4.79 Å². The summed E-state index contributed by atoms with van der Waals surface area (Å²) in [6.45, 7) is 3.46. The molecule has 9 heteroatoms. The minimum absolute atomic E-state index is 0. The highest BCUT2D eigenvalue weighted by Crippen LogP contribution is 2.29. The number of morpholine rings is 1. The molecule has 1 aromatic carbocycles. The number of carbonyl (C=O) groups is 1. The van der Waals surface area contributed by atoms with E-state index < -0.39 is 0 Å². The Morgan fingerprint density at radius 3 is 2.84 bits per heavy atom. The van der Waals surface area contributed by atoms with Gasteiger partial charge in [0.1, 0.15) is 12.7 Å². The van der Waals surface area contributed by atoms with Crippen LogP contribution in [-0.2, 0) is 9.53 Å². The molecule has 3 heterocycles. The SMILES string of the molecule is CC(=O)N1CCO[C@H](COc2nc(-c3cccc(N(C)C)c3)cc3nccnc23)C1.S. The van der Waals surface area contributed by atoms with Gasteiger partial charge < -0.3 is 19.3 Å². The van der Waals surface area contributed by atoms with Crippen LogP contribution in [0.5, 0.6) is 5.88 Å². The van der Waals surface area contributed by atoms with Crippen LogP contribution >= 0.6 is 13.5 Å². The van der Waals surface area contributed by atoms with Crippen molar-refractivity contribution in [3.63, 3.8) is 0 Å². The summed E-state index contributed by atoms with van der Waals surface area (Å²) in [5.74, 6) is 0.454. The normalized spacial score (nSPS) is 16.0. The molecule has 3 aromatic rings. The van der Waals surface area contributed by atoms with Gasteiger partial charge >= 0.3 is 0 Å². The van der Waals surface area contributed by atoms with Crippen molar-refractivity contribution < 1.29 is 14.3 Å². The van der Waals surface area contributed by atoms with E-state index >= 15 is 0 Å². The number of carbonyl (C=O) groups excluding carboxylic acids is 1. The summed E-state index contributed by atoms with van der Waals surface area (Å²) in [7, 11) is 4.00. The Bertz CT molecular complexity index is 1060. The Morgan fingerprint density at radius 1 is 1.26 bits per heavy atom. The number of rotatable bonds is 5. The van der Waals surface area contributed by atoms with Gasteiger partial charge in [0.25, 0.3) is 0 Å². The number of pyridine rings is 1. The van der Waals surface area contributed by atoms with Crippen molar-refractivity contribution in [3.8, 4) is 17.1 Å². The summed E-state index contributed by atoms with van der Waals surface area (Å²) in [6.07, 6.45) is 3.07. The largest absolute Gasteiger partial charge is 0.473 e. The molecule has 164 valence electrons. The second kappa shape index (κ2) is 9.93. The highest BCUT2D eigenvalue weighted by Gasteiger charge is 2.23. The third-order valence-corrected chi connectivity index (χ3v) is 5.07. The predicted octanol–water partition coefficient (Wildman–Crippen LogP) is 2.50. The first-order valence-corrected chi connectivity index (χ1v) is 9.90. The Hall–Kier alpha value is -2.91. The maximum absolute atomic E-state index is 11.7. The fourth-order valence-corrected chi connectivity index (χ4v) is 3.41. The molecule has 8 nitrogen and oxygen atoms in total. The first-order chi connectivity index (χ1) is 14.5. The molecule has 0 unspecified atom stereocenters. The van der Waals surface area contributed by atoms with E-state index in [4.69, 9.17) is 14.5 Å². The molecule has 1 saturated heterocycles. The molecule has 1 fully saturated rings. The van der Waals surface area contributed by atoms with Crippen LogP contribution in [0.2, 0.25) is 0 Å². The quantitative estimate of drug-likeness (QED) is 0.602. The molecule has 0 saturated carbocycles. The lowest BCUT2D eigenvalue weighted by Gasteiger charge is -2.32. The van der Waals surface area contributed by atoms with Gasteiger partial charge in [-0.25, -0.2) is 9.97 Å². The van der Waals surface area contributed by atoms with Crippen molar-refractivity contribution in [2.24, 2.45) is 0 Å². The van der Waals surface area contributed by atoms with E-state index in [1.807, 2.05) is 43.3 Å². The zero-order chi connectivity index (χ0) is 21.1. The molecule has 2 aromatic heterocycles. The minimum Gasteiger partial charge on any atom is -0.473 e.